The van der Waals surface area contributed by atoms with E-state index in [-0.39, 0.29) is 11.3 Å². The van der Waals surface area contributed by atoms with Gasteiger partial charge in [-0.3, -0.25) is 0 Å². The van der Waals surface area contributed by atoms with Crippen LogP contribution in [0.25, 0.3) is 0 Å². The van der Waals surface area contributed by atoms with Gasteiger partial charge in [-0.1, -0.05) is 81.7 Å². The highest BCUT2D eigenvalue weighted by atomic mass is 35.5. The lowest BCUT2D eigenvalue weighted by Crippen LogP contribution is -2.40. The average Bonchev–Trinajstić information content (AvgIpc) is 2.46. The lowest BCUT2D eigenvalue weighted by atomic mass is 9.65. The molecule has 1 aliphatic carbocycles. The zero-order valence-electron chi connectivity index (χ0n) is 14.6. The van der Waals surface area contributed by atoms with Crippen molar-refractivity contribution in [3.05, 3.63) is 47.1 Å². The number of allylic oxidation sites excluding steroid dienone is 6. The molecule has 0 saturated carbocycles. The molecule has 0 aromatic rings. The standard InChI is InChI=1S/C20H31ClO/c1-6-8-9-10-15(3)19(22)20(5,13-7-2)18-12-11-17(21)14-16(18)4/h6,8-12,15-16,19,22H,7,13-14H2,1-5H3/b8-6-,10-9-/t15?,16-,19-,20?/m0/s1. The number of hydrogen-bond acceptors (Lipinski definition) is 1. The maximum atomic E-state index is 11.0. The van der Waals surface area contributed by atoms with Crippen LogP contribution < -0.4 is 0 Å². The molecule has 2 unspecified atom stereocenters. The van der Waals surface area contributed by atoms with Crippen molar-refractivity contribution in [3.63, 3.8) is 0 Å². The van der Waals surface area contributed by atoms with Crippen molar-refractivity contribution in [1.82, 2.24) is 0 Å². The van der Waals surface area contributed by atoms with Gasteiger partial charge < -0.3 is 5.11 Å². The van der Waals surface area contributed by atoms with Gasteiger partial charge in [0.15, 0.2) is 0 Å². The van der Waals surface area contributed by atoms with Crippen LogP contribution in [0.3, 0.4) is 0 Å². The van der Waals surface area contributed by atoms with Gasteiger partial charge in [0.1, 0.15) is 0 Å². The zero-order chi connectivity index (χ0) is 16.8. The Morgan fingerprint density at radius 3 is 2.64 bits per heavy atom. The highest BCUT2D eigenvalue weighted by Gasteiger charge is 2.40. The van der Waals surface area contributed by atoms with E-state index < -0.39 is 6.10 Å². The second kappa shape index (κ2) is 8.74. The minimum atomic E-state index is -0.395. The molecule has 0 aromatic carbocycles. The highest BCUT2D eigenvalue weighted by Crippen LogP contribution is 2.46. The van der Waals surface area contributed by atoms with Crippen LogP contribution in [0.4, 0.5) is 0 Å². The highest BCUT2D eigenvalue weighted by molar-refractivity contribution is 6.29. The van der Waals surface area contributed by atoms with Gasteiger partial charge in [0, 0.05) is 16.4 Å². The van der Waals surface area contributed by atoms with Crippen molar-refractivity contribution in [2.24, 2.45) is 17.3 Å². The predicted molar refractivity (Wildman–Crippen MR) is 97.9 cm³/mol. The summed E-state index contributed by atoms with van der Waals surface area (Å²) in [5.74, 6) is 0.498. The summed E-state index contributed by atoms with van der Waals surface area (Å²) in [6.45, 7) is 10.7. The first-order valence-corrected chi connectivity index (χ1v) is 8.78. The van der Waals surface area contributed by atoms with Gasteiger partial charge in [0.2, 0.25) is 0 Å². The van der Waals surface area contributed by atoms with E-state index in [2.05, 4.69) is 39.8 Å². The fourth-order valence-electron chi connectivity index (χ4n) is 3.59. The van der Waals surface area contributed by atoms with Gasteiger partial charge in [0.05, 0.1) is 6.10 Å². The second-order valence-corrected chi connectivity index (χ2v) is 7.21. The quantitative estimate of drug-likeness (QED) is 0.569. The van der Waals surface area contributed by atoms with Crippen LogP contribution in [0.15, 0.2) is 47.1 Å². The first kappa shape index (κ1) is 19.3. The molecule has 0 radical (unpaired) electrons. The lowest BCUT2D eigenvalue weighted by Gasteiger charge is -2.42. The normalized spacial score (nSPS) is 25.0. The van der Waals surface area contributed by atoms with Gasteiger partial charge in [-0.25, -0.2) is 0 Å². The molecule has 0 fully saturated rings. The summed E-state index contributed by atoms with van der Waals surface area (Å²) >= 11 is 6.17. The van der Waals surface area contributed by atoms with Crippen molar-refractivity contribution < 1.29 is 5.11 Å². The van der Waals surface area contributed by atoms with Crippen molar-refractivity contribution >= 4 is 11.6 Å². The molecule has 0 saturated heterocycles. The molecule has 0 aromatic heterocycles. The molecule has 124 valence electrons. The van der Waals surface area contributed by atoms with Crippen molar-refractivity contribution in [1.29, 1.82) is 0 Å². The van der Waals surface area contributed by atoms with E-state index in [0.29, 0.717) is 5.92 Å². The summed E-state index contributed by atoms with van der Waals surface area (Å²) in [5, 5.41) is 11.9. The molecule has 1 rings (SSSR count). The van der Waals surface area contributed by atoms with Crippen LogP contribution in [-0.4, -0.2) is 11.2 Å². The Morgan fingerprint density at radius 1 is 1.41 bits per heavy atom. The molecule has 0 spiro atoms. The molecule has 1 aliphatic rings. The summed E-state index contributed by atoms with van der Waals surface area (Å²) in [4.78, 5) is 0. The Kier molecular flexibility index (Phi) is 7.65. The molecule has 1 N–H and O–H groups in total. The molecule has 0 aliphatic heterocycles. The Labute approximate surface area is 141 Å². The summed E-state index contributed by atoms with van der Waals surface area (Å²) in [6.07, 6.45) is 14.8. The van der Waals surface area contributed by atoms with Crippen LogP contribution in [0, 0.1) is 17.3 Å². The van der Waals surface area contributed by atoms with E-state index in [9.17, 15) is 5.11 Å². The van der Waals surface area contributed by atoms with Crippen molar-refractivity contribution in [2.75, 3.05) is 0 Å². The third-order valence-electron chi connectivity index (χ3n) is 4.77. The fourth-order valence-corrected chi connectivity index (χ4v) is 3.88. The van der Waals surface area contributed by atoms with Crippen molar-refractivity contribution in [3.8, 4) is 0 Å². The van der Waals surface area contributed by atoms with Gasteiger partial charge in [0.25, 0.3) is 0 Å². The number of halogens is 1. The molecule has 1 nitrogen and oxygen atoms in total. The number of aliphatic hydroxyl groups excluding tert-OH is 1. The molecular weight excluding hydrogens is 292 g/mol. The number of rotatable bonds is 7. The molecule has 0 amide bonds. The molecule has 0 heterocycles. The smallest absolute Gasteiger partial charge is 0.0690 e. The molecule has 0 bridgehead atoms. The molecular formula is C20H31ClO. The SMILES string of the molecule is C/C=C\C=C/C(C)[C@H](O)C(C)(CCC)C1=CC=C(Cl)C[C@@H]1C. The fraction of sp³-hybridized carbons (Fsp3) is 0.600. The monoisotopic (exact) mass is 322 g/mol. The van der Waals surface area contributed by atoms with Gasteiger partial charge in [-0.2, -0.15) is 0 Å². The third kappa shape index (κ3) is 4.60. The summed E-state index contributed by atoms with van der Waals surface area (Å²) in [6, 6.07) is 0. The van der Waals surface area contributed by atoms with Crippen LogP contribution in [-0.2, 0) is 0 Å². The third-order valence-corrected chi connectivity index (χ3v) is 5.05. The summed E-state index contributed by atoms with van der Waals surface area (Å²) in [7, 11) is 0. The topological polar surface area (TPSA) is 20.2 Å². The Bertz CT molecular complexity index is 472. The van der Waals surface area contributed by atoms with E-state index in [0.717, 1.165) is 24.3 Å². The maximum absolute atomic E-state index is 11.0. The van der Waals surface area contributed by atoms with Crippen LogP contribution in [0.5, 0.6) is 0 Å². The van der Waals surface area contributed by atoms with Crippen LogP contribution >= 0.6 is 11.6 Å². The molecule has 4 atom stereocenters. The van der Waals surface area contributed by atoms with Crippen molar-refractivity contribution in [2.45, 2.75) is 60.0 Å². The van der Waals surface area contributed by atoms with Gasteiger partial charge >= 0.3 is 0 Å². The second-order valence-electron chi connectivity index (χ2n) is 6.72. The Hall–Kier alpha value is -0.790. The zero-order valence-corrected chi connectivity index (χ0v) is 15.4. The minimum absolute atomic E-state index is 0.113. The Morgan fingerprint density at radius 2 is 2.09 bits per heavy atom. The lowest BCUT2D eigenvalue weighted by molar-refractivity contribution is 0.0218. The maximum Gasteiger partial charge on any atom is 0.0690 e. The van der Waals surface area contributed by atoms with E-state index in [1.165, 1.54) is 5.57 Å². The van der Waals surface area contributed by atoms with E-state index in [1.807, 2.05) is 31.2 Å². The number of hydrogen-bond donors (Lipinski definition) is 1. The summed E-state index contributed by atoms with van der Waals surface area (Å²) in [5.41, 5.74) is 1.12. The first-order valence-electron chi connectivity index (χ1n) is 8.41. The number of aliphatic hydroxyl groups is 1. The molecule has 2 heteroatoms. The van der Waals surface area contributed by atoms with E-state index in [1.54, 1.807) is 0 Å². The average molecular weight is 323 g/mol. The van der Waals surface area contributed by atoms with E-state index in [4.69, 9.17) is 11.6 Å². The predicted octanol–water partition coefficient (Wildman–Crippen LogP) is 6.01. The Balaban J connectivity index is 3.09. The van der Waals surface area contributed by atoms with Crippen LogP contribution in [0.2, 0.25) is 0 Å². The first-order chi connectivity index (χ1) is 10.4. The van der Waals surface area contributed by atoms with E-state index >= 15 is 0 Å². The molecule has 22 heavy (non-hydrogen) atoms. The van der Waals surface area contributed by atoms with Gasteiger partial charge in [-0.15, -0.1) is 0 Å². The largest absolute Gasteiger partial charge is 0.392 e. The van der Waals surface area contributed by atoms with Crippen LogP contribution in [0.1, 0.15) is 53.9 Å². The minimum Gasteiger partial charge on any atom is -0.392 e. The van der Waals surface area contributed by atoms with Gasteiger partial charge in [-0.05, 0) is 31.8 Å². The summed E-state index contributed by atoms with van der Waals surface area (Å²) < 4.78 is 0.